The molecule has 0 saturated carbocycles. The zero-order valence-corrected chi connectivity index (χ0v) is 12.0. The average Bonchev–Trinajstić information content (AvgIpc) is 2.43. The van der Waals surface area contributed by atoms with Crippen molar-refractivity contribution in [2.24, 2.45) is 0 Å². The Bertz CT molecular complexity index is 220. The van der Waals surface area contributed by atoms with Crippen molar-refractivity contribution >= 4 is 0 Å². The second kappa shape index (κ2) is 6.72. The SMILES string of the molecule is CC(C)NC(C)(CO)CN1CCCCCC1C. The van der Waals surface area contributed by atoms with Gasteiger partial charge in [0.05, 0.1) is 12.1 Å². The van der Waals surface area contributed by atoms with Crippen LogP contribution in [0.25, 0.3) is 0 Å². The third-order valence-electron chi connectivity index (χ3n) is 3.73. The lowest BCUT2D eigenvalue weighted by Gasteiger charge is -2.38. The zero-order valence-electron chi connectivity index (χ0n) is 12.0. The molecule has 2 unspecified atom stereocenters. The molecule has 0 aromatic heterocycles. The Morgan fingerprint density at radius 2 is 2.06 bits per heavy atom. The summed E-state index contributed by atoms with van der Waals surface area (Å²) in [5.74, 6) is 0. The lowest BCUT2D eigenvalue weighted by Crippen LogP contribution is -2.57. The standard InChI is InChI=1S/C14H30N2O/c1-12(2)15-14(4,11-17)10-16-9-7-5-6-8-13(16)3/h12-13,15,17H,5-11H2,1-4H3. The van der Waals surface area contributed by atoms with E-state index in [9.17, 15) is 5.11 Å². The molecule has 0 radical (unpaired) electrons. The van der Waals surface area contributed by atoms with E-state index >= 15 is 0 Å². The Morgan fingerprint density at radius 3 is 2.65 bits per heavy atom. The van der Waals surface area contributed by atoms with Gasteiger partial charge in [-0.05, 0) is 33.2 Å². The Hall–Kier alpha value is -0.120. The third kappa shape index (κ3) is 4.94. The Labute approximate surface area is 107 Å². The van der Waals surface area contributed by atoms with E-state index in [1.165, 1.54) is 32.2 Å². The highest BCUT2D eigenvalue weighted by Gasteiger charge is 2.29. The van der Waals surface area contributed by atoms with Crippen LogP contribution in [0, 0.1) is 0 Å². The van der Waals surface area contributed by atoms with E-state index in [1.54, 1.807) is 0 Å². The lowest BCUT2D eigenvalue weighted by atomic mass is 10.00. The summed E-state index contributed by atoms with van der Waals surface area (Å²) in [5.41, 5.74) is -0.174. The summed E-state index contributed by atoms with van der Waals surface area (Å²) in [6.45, 7) is 11.1. The highest BCUT2D eigenvalue weighted by Crippen LogP contribution is 2.19. The van der Waals surface area contributed by atoms with Gasteiger partial charge in [0, 0.05) is 18.6 Å². The number of hydrogen-bond acceptors (Lipinski definition) is 3. The summed E-state index contributed by atoms with van der Waals surface area (Å²) in [4.78, 5) is 2.54. The van der Waals surface area contributed by atoms with E-state index in [0.29, 0.717) is 12.1 Å². The van der Waals surface area contributed by atoms with Crippen molar-refractivity contribution in [1.82, 2.24) is 10.2 Å². The van der Waals surface area contributed by atoms with Crippen LogP contribution >= 0.6 is 0 Å². The first-order chi connectivity index (χ1) is 7.97. The smallest absolute Gasteiger partial charge is 0.0623 e. The molecule has 1 aliphatic heterocycles. The zero-order chi connectivity index (χ0) is 12.9. The second-order valence-electron chi connectivity index (χ2n) is 6.19. The van der Waals surface area contributed by atoms with Crippen molar-refractivity contribution in [2.75, 3.05) is 19.7 Å². The van der Waals surface area contributed by atoms with Crippen molar-refractivity contribution in [3.8, 4) is 0 Å². The van der Waals surface area contributed by atoms with E-state index in [1.807, 2.05) is 0 Å². The maximum absolute atomic E-state index is 9.63. The molecular formula is C14H30N2O. The van der Waals surface area contributed by atoms with Crippen LogP contribution in [0.1, 0.15) is 53.4 Å². The van der Waals surface area contributed by atoms with Crippen LogP contribution < -0.4 is 5.32 Å². The molecule has 0 bridgehead atoms. The molecule has 1 fully saturated rings. The minimum absolute atomic E-state index is 0.174. The molecule has 1 rings (SSSR count). The summed E-state index contributed by atoms with van der Waals surface area (Å²) in [6, 6.07) is 1.06. The van der Waals surface area contributed by atoms with Gasteiger partial charge in [-0.2, -0.15) is 0 Å². The van der Waals surface area contributed by atoms with Gasteiger partial charge < -0.3 is 10.4 Å². The highest BCUT2D eigenvalue weighted by atomic mass is 16.3. The predicted octanol–water partition coefficient (Wildman–Crippen LogP) is 2.00. The van der Waals surface area contributed by atoms with Crippen LogP contribution in [0.5, 0.6) is 0 Å². The van der Waals surface area contributed by atoms with Crippen molar-refractivity contribution in [1.29, 1.82) is 0 Å². The lowest BCUT2D eigenvalue weighted by molar-refractivity contribution is 0.0946. The van der Waals surface area contributed by atoms with Gasteiger partial charge in [0.1, 0.15) is 0 Å². The first-order valence-corrected chi connectivity index (χ1v) is 7.09. The van der Waals surface area contributed by atoms with Gasteiger partial charge in [-0.15, -0.1) is 0 Å². The second-order valence-corrected chi connectivity index (χ2v) is 6.19. The van der Waals surface area contributed by atoms with Gasteiger partial charge in [-0.1, -0.05) is 26.7 Å². The first kappa shape index (κ1) is 14.9. The minimum Gasteiger partial charge on any atom is -0.394 e. The van der Waals surface area contributed by atoms with E-state index in [2.05, 4.69) is 37.9 Å². The quantitative estimate of drug-likeness (QED) is 0.774. The van der Waals surface area contributed by atoms with Crippen LogP contribution in [0.2, 0.25) is 0 Å². The normalized spacial score (nSPS) is 26.8. The summed E-state index contributed by atoms with van der Waals surface area (Å²) in [7, 11) is 0. The molecule has 0 aromatic carbocycles. The van der Waals surface area contributed by atoms with Crippen molar-refractivity contribution in [3.63, 3.8) is 0 Å². The molecule has 17 heavy (non-hydrogen) atoms. The van der Waals surface area contributed by atoms with Gasteiger partial charge in [-0.3, -0.25) is 4.90 Å². The highest BCUT2D eigenvalue weighted by molar-refractivity contribution is 4.89. The summed E-state index contributed by atoms with van der Waals surface area (Å²) in [6.07, 6.45) is 5.30. The van der Waals surface area contributed by atoms with Crippen LogP contribution in [0.15, 0.2) is 0 Å². The molecule has 3 nitrogen and oxygen atoms in total. The molecule has 1 saturated heterocycles. The van der Waals surface area contributed by atoms with Crippen LogP contribution in [0.3, 0.4) is 0 Å². The molecule has 1 heterocycles. The molecule has 2 atom stereocenters. The third-order valence-corrected chi connectivity index (χ3v) is 3.73. The van der Waals surface area contributed by atoms with Crippen LogP contribution in [0.4, 0.5) is 0 Å². The number of nitrogens with zero attached hydrogens (tertiary/aromatic N) is 1. The molecule has 0 amide bonds. The summed E-state index contributed by atoms with van der Waals surface area (Å²) >= 11 is 0. The van der Waals surface area contributed by atoms with Crippen molar-refractivity contribution in [3.05, 3.63) is 0 Å². The Morgan fingerprint density at radius 1 is 1.35 bits per heavy atom. The summed E-state index contributed by atoms with van der Waals surface area (Å²) in [5, 5.41) is 13.1. The topological polar surface area (TPSA) is 35.5 Å². The fourth-order valence-corrected chi connectivity index (χ4v) is 2.86. The number of aliphatic hydroxyl groups excluding tert-OH is 1. The van der Waals surface area contributed by atoms with Gasteiger partial charge in [-0.25, -0.2) is 0 Å². The molecular weight excluding hydrogens is 212 g/mol. The van der Waals surface area contributed by atoms with E-state index < -0.39 is 0 Å². The van der Waals surface area contributed by atoms with Crippen molar-refractivity contribution in [2.45, 2.75) is 71.0 Å². The fourth-order valence-electron chi connectivity index (χ4n) is 2.86. The van der Waals surface area contributed by atoms with E-state index in [0.717, 1.165) is 6.54 Å². The molecule has 0 aromatic rings. The average molecular weight is 242 g/mol. The first-order valence-electron chi connectivity index (χ1n) is 7.09. The minimum atomic E-state index is -0.174. The molecule has 2 N–H and O–H groups in total. The van der Waals surface area contributed by atoms with Gasteiger partial charge in [0.25, 0.3) is 0 Å². The Kier molecular flexibility index (Phi) is 5.90. The Balaban J connectivity index is 2.58. The van der Waals surface area contributed by atoms with Gasteiger partial charge >= 0.3 is 0 Å². The fraction of sp³-hybridized carbons (Fsp3) is 1.00. The molecule has 1 aliphatic rings. The molecule has 0 spiro atoms. The van der Waals surface area contributed by atoms with Crippen LogP contribution in [-0.4, -0.2) is 47.3 Å². The van der Waals surface area contributed by atoms with Crippen molar-refractivity contribution < 1.29 is 5.11 Å². The number of aliphatic hydroxyl groups is 1. The van der Waals surface area contributed by atoms with Gasteiger partial charge in [0.2, 0.25) is 0 Å². The molecule has 3 heteroatoms. The maximum Gasteiger partial charge on any atom is 0.0623 e. The number of nitrogens with one attached hydrogen (secondary N) is 1. The summed E-state index contributed by atoms with van der Waals surface area (Å²) < 4.78 is 0. The maximum atomic E-state index is 9.63. The van der Waals surface area contributed by atoms with E-state index in [-0.39, 0.29) is 12.1 Å². The molecule has 102 valence electrons. The largest absolute Gasteiger partial charge is 0.394 e. The van der Waals surface area contributed by atoms with Gasteiger partial charge in [0.15, 0.2) is 0 Å². The number of rotatable bonds is 5. The monoisotopic (exact) mass is 242 g/mol. The number of hydrogen-bond donors (Lipinski definition) is 2. The number of likely N-dealkylation sites (tertiary alicyclic amines) is 1. The van der Waals surface area contributed by atoms with E-state index in [4.69, 9.17) is 0 Å². The molecule has 0 aliphatic carbocycles. The van der Waals surface area contributed by atoms with Crippen LogP contribution in [-0.2, 0) is 0 Å². The predicted molar refractivity (Wildman–Crippen MR) is 73.3 cm³/mol.